The number of carbonyl (C=O) groups excluding carboxylic acids is 1. The first kappa shape index (κ1) is 21.2. The maximum absolute atomic E-state index is 13.3. The number of hydrogen-bond donors (Lipinski definition) is 0. The largest absolute Gasteiger partial charge is 0.355 e. The van der Waals surface area contributed by atoms with E-state index in [0.717, 1.165) is 16.7 Å². The Morgan fingerprint density at radius 3 is 2.52 bits per heavy atom. The zero-order valence-corrected chi connectivity index (χ0v) is 18.2. The topological polar surface area (TPSA) is 80.5 Å². The predicted molar refractivity (Wildman–Crippen MR) is 115 cm³/mol. The highest BCUT2D eigenvalue weighted by atomic mass is 32.2. The number of benzene rings is 2. The Bertz CT molecular complexity index is 1220. The van der Waals surface area contributed by atoms with Gasteiger partial charge in [-0.25, -0.2) is 12.8 Å². The molecule has 0 spiro atoms. The first-order chi connectivity index (χ1) is 14.7. The number of rotatable bonds is 5. The molecule has 2 heterocycles. The van der Waals surface area contributed by atoms with Gasteiger partial charge in [0.25, 0.3) is 5.91 Å². The molecule has 1 atom stereocenters. The van der Waals surface area contributed by atoms with Crippen LogP contribution in [0, 0.1) is 19.7 Å². The molecule has 1 aliphatic rings. The van der Waals surface area contributed by atoms with E-state index in [1.165, 1.54) is 17.0 Å². The molecule has 0 saturated carbocycles. The molecule has 4 rings (SSSR count). The van der Waals surface area contributed by atoms with Crippen LogP contribution >= 0.6 is 0 Å². The minimum atomic E-state index is -3.20. The third-order valence-corrected chi connectivity index (χ3v) is 7.45. The average Bonchev–Trinajstić information content (AvgIpc) is 3.36. The Morgan fingerprint density at radius 1 is 1.13 bits per heavy atom. The van der Waals surface area contributed by atoms with Crippen molar-refractivity contribution in [2.24, 2.45) is 0 Å². The van der Waals surface area contributed by atoms with E-state index < -0.39 is 21.8 Å². The van der Waals surface area contributed by atoms with E-state index in [-0.39, 0.29) is 29.6 Å². The standard InChI is InChI=1S/C23H23FN2O4S/c1-15-3-6-18(11-16(15)2)22-12-21(25-30-22)23(27)26(20-9-10-31(28,29)14-20)13-17-4-7-19(24)8-5-17/h3-8,11-12,20H,9-10,13-14H2,1-2H3/t20-/m1/s1. The third-order valence-electron chi connectivity index (χ3n) is 5.70. The van der Waals surface area contributed by atoms with Gasteiger partial charge < -0.3 is 9.42 Å². The van der Waals surface area contributed by atoms with Gasteiger partial charge in [0, 0.05) is 24.2 Å². The first-order valence-electron chi connectivity index (χ1n) is 10.0. The van der Waals surface area contributed by atoms with Crippen molar-refractivity contribution < 1.29 is 22.1 Å². The summed E-state index contributed by atoms with van der Waals surface area (Å²) in [5.41, 5.74) is 3.86. The Morgan fingerprint density at radius 2 is 1.87 bits per heavy atom. The Hall–Kier alpha value is -3.00. The van der Waals surface area contributed by atoms with E-state index in [4.69, 9.17) is 4.52 Å². The molecule has 0 radical (unpaired) electrons. The number of aryl methyl sites for hydroxylation is 2. The second-order valence-corrected chi connectivity index (χ2v) is 10.2. The highest BCUT2D eigenvalue weighted by Gasteiger charge is 2.36. The minimum Gasteiger partial charge on any atom is -0.355 e. The monoisotopic (exact) mass is 442 g/mol. The van der Waals surface area contributed by atoms with Gasteiger partial charge in [0.2, 0.25) is 0 Å². The van der Waals surface area contributed by atoms with Crippen molar-refractivity contribution in [3.8, 4) is 11.3 Å². The van der Waals surface area contributed by atoms with Gasteiger partial charge in [0.15, 0.2) is 21.3 Å². The van der Waals surface area contributed by atoms with E-state index in [9.17, 15) is 17.6 Å². The van der Waals surface area contributed by atoms with Crippen LogP contribution in [0.4, 0.5) is 4.39 Å². The summed E-state index contributed by atoms with van der Waals surface area (Å²) in [7, 11) is -3.20. The van der Waals surface area contributed by atoms with Crippen LogP contribution in [0.2, 0.25) is 0 Å². The Balaban J connectivity index is 1.63. The van der Waals surface area contributed by atoms with Crippen LogP contribution in [0.3, 0.4) is 0 Å². The highest BCUT2D eigenvalue weighted by molar-refractivity contribution is 7.91. The van der Waals surface area contributed by atoms with E-state index in [1.807, 2.05) is 32.0 Å². The van der Waals surface area contributed by atoms with E-state index >= 15 is 0 Å². The lowest BCUT2D eigenvalue weighted by Gasteiger charge is -2.27. The molecule has 0 unspecified atom stereocenters. The van der Waals surface area contributed by atoms with Gasteiger partial charge in [-0.1, -0.05) is 29.4 Å². The van der Waals surface area contributed by atoms with Gasteiger partial charge in [0.1, 0.15) is 5.82 Å². The van der Waals surface area contributed by atoms with Crippen LogP contribution < -0.4 is 0 Å². The highest BCUT2D eigenvalue weighted by Crippen LogP contribution is 2.26. The molecule has 2 aromatic carbocycles. The molecule has 8 heteroatoms. The maximum Gasteiger partial charge on any atom is 0.276 e. The van der Waals surface area contributed by atoms with Crippen molar-refractivity contribution in [1.29, 1.82) is 0 Å². The molecule has 31 heavy (non-hydrogen) atoms. The lowest BCUT2D eigenvalue weighted by Crippen LogP contribution is -2.40. The summed E-state index contributed by atoms with van der Waals surface area (Å²) < 4.78 is 42.8. The summed E-state index contributed by atoms with van der Waals surface area (Å²) in [5.74, 6) is -0.378. The van der Waals surface area contributed by atoms with Crippen molar-refractivity contribution in [3.05, 3.63) is 76.7 Å². The second kappa shape index (κ2) is 8.26. The average molecular weight is 443 g/mol. The molecule has 3 aromatic rings. The van der Waals surface area contributed by atoms with Crippen molar-refractivity contribution in [1.82, 2.24) is 10.1 Å². The summed E-state index contributed by atoms with van der Waals surface area (Å²) in [5, 5.41) is 3.95. The zero-order chi connectivity index (χ0) is 22.2. The molecular formula is C23H23FN2O4S. The first-order valence-corrected chi connectivity index (χ1v) is 11.8. The fourth-order valence-corrected chi connectivity index (χ4v) is 5.46. The summed E-state index contributed by atoms with van der Waals surface area (Å²) >= 11 is 0. The van der Waals surface area contributed by atoms with Crippen LogP contribution in [-0.4, -0.2) is 41.9 Å². The number of halogens is 1. The van der Waals surface area contributed by atoms with E-state index in [1.54, 1.807) is 18.2 Å². The molecule has 0 bridgehead atoms. The van der Waals surface area contributed by atoms with Crippen LogP contribution in [0.25, 0.3) is 11.3 Å². The quantitative estimate of drug-likeness (QED) is 0.598. The van der Waals surface area contributed by atoms with Gasteiger partial charge in [-0.05, 0) is 55.2 Å². The van der Waals surface area contributed by atoms with E-state index in [2.05, 4.69) is 5.16 Å². The predicted octanol–water partition coefficient (Wildman–Crippen LogP) is 3.93. The van der Waals surface area contributed by atoms with Gasteiger partial charge >= 0.3 is 0 Å². The Labute approximate surface area is 180 Å². The summed E-state index contributed by atoms with van der Waals surface area (Å²) in [6.07, 6.45) is 0.358. The molecule has 1 fully saturated rings. The normalized spacial score (nSPS) is 17.6. The minimum absolute atomic E-state index is 0.0393. The molecule has 6 nitrogen and oxygen atoms in total. The summed E-state index contributed by atoms with van der Waals surface area (Å²) in [4.78, 5) is 14.8. The molecule has 1 aliphatic heterocycles. The molecule has 1 amide bonds. The lowest BCUT2D eigenvalue weighted by atomic mass is 10.0. The number of amides is 1. The fraction of sp³-hybridized carbons (Fsp3) is 0.304. The molecule has 0 N–H and O–H groups in total. The van der Waals surface area contributed by atoms with Crippen molar-refractivity contribution in [2.45, 2.75) is 32.9 Å². The molecular weight excluding hydrogens is 419 g/mol. The number of carbonyl (C=O) groups is 1. The van der Waals surface area contributed by atoms with Crippen molar-refractivity contribution in [3.63, 3.8) is 0 Å². The molecule has 0 aliphatic carbocycles. The third kappa shape index (κ3) is 4.69. The molecule has 162 valence electrons. The van der Waals surface area contributed by atoms with E-state index in [0.29, 0.717) is 17.7 Å². The van der Waals surface area contributed by atoms with Gasteiger partial charge in [0.05, 0.1) is 11.5 Å². The number of hydrogen-bond acceptors (Lipinski definition) is 5. The summed E-state index contributed by atoms with van der Waals surface area (Å²) in [6, 6.07) is 12.7. The number of aromatic nitrogens is 1. The van der Waals surface area contributed by atoms with Gasteiger partial charge in [-0.2, -0.15) is 0 Å². The van der Waals surface area contributed by atoms with Crippen molar-refractivity contribution >= 4 is 15.7 Å². The smallest absolute Gasteiger partial charge is 0.276 e. The lowest BCUT2D eigenvalue weighted by molar-refractivity contribution is 0.0670. The SMILES string of the molecule is Cc1ccc(-c2cc(C(=O)N(Cc3ccc(F)cc3)[C@@H]3CCS(=O)(=O)C3)no2)cc1C. The summed E-state index contributed by atoms with van der Waals surface area (Å²) in [6.45, 7) is 4.16. The van der Waals surface area contributed by atoms with Crippen LogP contribution in [0.5, 0.6) is 0 Å². The van der Waals surface area contributed by atoms with Crippen LogP contribution in [0.1, 0.15) is 33.6 Å². The number of nitrogens with zero attached hydrogens (tertiary/aromatic N) is 2. The second-order valence-electron chi connectivity index (χ2n) is 7.99. The van der Waals surface area contributed by atoms with Crippen molar-refractivity contribution in [2.75, 3.05) is 11.5 Å². The molecule has 1 aromatic heterocycles. The Kier molecular flexibility index (Phi) is 5.66. The maximum atomic E-state index is 13.3. The molecule has 1 saturated heterocycles. The van der Waals surface area contributed by atoms with Gasteiger partial charge in [-0.15, -0.1) is 0 Å². The van der Waals surface area contributed by atoms with Crippen LogP contribution in [-0.2, 0) is 16.4 Å². The van der Waals surface area contributed by atoms with Crippen LogP contribution in [0.15, 0.2) is 53.1 Å². The number of sulfone groups is 1. The van der Waals surface area contributed by atoms with Gasteiger partial charge in [-0.3, -0.25) is 4.79 Å². The zero-order valence-electron chi connectivity index (χ0n) is 17.3. The fourth-order valence-electron chi connectivity index (χ4n) is 3.73.